The average Bonchev–Trinajstić information content (AvgIpc) is 2.75. The number of nitrogens with zero attached hydrogens (tertiary/aromatic N) is 2. The number of hydrogen-bond acceptors (Lipinski definition) is 5. The summed E-state index contributed by atoms with van der Waals surface area (Å²) >= 11 is 0. The number of aliphatic hydroxyl groups excluding tert-OH is 2. The molecule has 0 saturated carbocycles. The largest absolute Gasteiger partial charge is 0.394 e. The maximum Gasteiger partial charge on any atom is 0.262 e. The highest BCUT2D eigenvalue weighted by Crippen LogP contribution is 2.34. The lowest BCUT2D eigenvalue weighted by atomic mass is 9.99. The zero-order valence-corrected chi connectivity index (χ0v) is 15.8. The molecule has 1 saturated heterocycles. The second kappa shape index (κ2) is 9.36. The third-order valence-electron chi connectivity index (χ3n) is 4.98. The molecular weight excluding hydrogens is 354 g/mol. The summed E-state index contributed by atoms with van der Waals surface area (Å²) in [7, 11) is 0. The molecule has 1 heterocycles. The predicted octanol–water partition coefficient (Wildman–Crippen LogP) is 2.21. The van der Waals surface area contributed by atoms with E-state index in [2.05, 4.69) is 22.3 Å². The second-order valence-corrected chi connectivity index (χ2v) is 6.99. The third kappa shape index (κ3) is 4.50. The van der Waals surface area contributed by atoms with Crippen molar-refractivity contribution in [1.29, 1.82) is 5.26 Å². The predicted molar refractivity (Wildman–Crippen MR) is 110 cm³/mol. The van der Waals surface area contributed by atoms with E-state index >= 15 is 0 Å². The summed E-state index contributed by atoms with van der Waals surface area (Å²) in [5.74, 6) is -0.562. The Hall–Kier alpha value is -2.88. The number of hydrogen-bond donors (Lipinski definition) is 3. The van der Waals surface area contributed by atoms with Gasteiger partial charge in [0, 0.05) is 25.0 Å². The molecule has 1 atom stereocenters. The first-order valence-corrected chi connectivity index (χ1v) is 9.59. The molecule has 2 aromatic rings. The molecule has 1 aliphatic heterocycles. The fraction of sp³-hybridized carbons (Fsp3) is 0.364. The summed E-state index contributed by atoms with van der Waals surface area (Å²) < 4.78 is 0. The second-order valence-electron chi connectivity index (χ2n) is 6.99. The van der Waals surface area contributed by atoms with Gasteiger partial charge in [0.05, 0.1) is 18.4 Å². The van der Waals surface area contributed by atoms with Gasteiger partial charge in [0.1, 0.15) is 11.6 Å². The molecule has 1 unspecified atom stereocenters. The smallest absolute Gasteiger partial charge is 0.262 e. The summed E-state index contributed by atoms with van der Waals surface area (Å²) in [5, 5.41) is 32.5. The lowest BCUT2D eigenvalue weighted by molar-refractivity contribution is -0.117. The molecule has 1 aliphatic rings. The number of fused-ring (bicyclic) bond motifs is 1. The fourth-order valence-corrected chi connectivity index (χ4v) is 3.53. The Morgan fingerprint density at radius 2 is 1.96 bits per heavy atom. The first kappa shape index (κ1) is 19.9. The molecule has 6 heteroatoms. The number of benzene rings is 2. The molecule has 1 amide bonds. The molecule has 1 fully saturated rings. The van der Waals surface area contributed by atoms with Crippen molar-refractivity contribution in [3.63, 3.8) is 0 Å². The van der Waals surface area contributed by atoms with Gasteiger partial charge in [-0.1, -0.05) is 36.4 Å². The molecule has 28 heavy (non-hydrogen) atoms. The Balaban J connectivity index is 2.00. The minimum atomic E-state index is -1.05. The van der Waals surface area contributed by atoms with E-state index < -0.39 is 18.6 Å². The van der Waals surface area contributed by atoms with Crippen LogP contribution in [0.3, 0.4) is 0 Å². The van der Waals surface area contributed by atoms with Crippen LogP contribution in [0.25, 0.3) is 16.8 Å². The van der Waals surface area contributed by atoms with E-state index in [1.807, 2.05) is 30.3 Å². The SMILES string of the molecule is N#C/C(=C\c1ccc2ccccc2c1N1CCCCC1)C(=O)NCC(O)CO. The van der Waals surface area contributed by atoms with Crippen molar-refractivity contribution in [3.05, 3.63) is 47.5 Å². The molecule has 0 radical (unpaired) electrons. The molecular formula is C22H25N3O3. The van der Waals surface area contributed by atoms with Gasteiger partial charge in [0.15, 0.2) is 0 Å². The van der Waals surface area contributed by atoms with Gasteiger partial charge in [-0.15, -0.1) is 0 Å². The first-order valence-electron chi connectivity index (χ1n) is 9.59. The van der Waals surface area contributed by atoms with Gasteiger partial charge in [-0.3, -0.25) is 4.79 Å². The van der Waals surface area contributed by atoms with Crippen molar-refractivity contribution in [2.45, 2.75) is 25.4 Å². The van der Waals surface area contributed by atoms with E-state index in [4.69, 9.17) is 5.11 Å². The number of anilines is 1. The number of aliphatic hydroxyl groups is 2. The van der Waals surface area contributed by atoms with Crippen LogP contribution >= 0.6 is 0 Å². The molecule has 3 N–H and O–H groups in total. The van der Waals surface area contributed by atoms with Crippen molar-refractivity contribution in [1.82, 2.24) is 5.32 Å². The van der Waals surface area contributed by atoms with Gasteiger partial charge in [0.2, 0.25) is 0 Å². The van der Waals surface area contributed by atoms with Crippen molar-refractivity contribution >= 4 is 28.4 Å². The highest BCUT2D eigenvalue weighted by atomic mass is 16.3. The van der Waals surface area contributed by atoms with Crippen molar-refractivity contribution in [3.8, 4) is 6.07 Å². The van der Waals surface area contributed by atoms with Crippen LogP contribution in [0.1, 0.15) is 24.8 Å². The maximum atomic E-state index is 12.3. The van der Waals surface area contributed by atoms with Crippen LogP contribution in [-0.2, 0) is 4.79 Å². The standard InChI is InChI=1S/C22H25N3O3/c23-13-18(22(28)24-14-19(27)15-26)12-17-9-8-16-6-2-3-7-20(16)21(17)25-10-4-1-5-11-25/h2-3,6-9,12,19,26-27H,1,4-5,10-11,14-15H2,(H,24,28)/b18-12+. The normalized spacial score (nSPS) is 15.9. The number of carbonyl (C=O) groups excluding carboxylic acids is 1. The topological polar surface area (TPSA) is 96.6 Å². The Kier molecular flexibility index (Phi) is 6.64. The van der Waals surface area contributed by atoms with Crippen LogP contribution in [0.4, 0.5) is 5.69 Å². The number of carbonyl (C=O) groups is 1. The van der Waals surface area contributed by atoms with Gasteiger partial charge in [-0.2, -0.15) is 5.26 Å². The van der Waals surface area contributed by atoms with Crippen LogP contribution in [0.5, 0.6) is 0 Å². The molecule has 0 spiro atoms. The molecule has 2 aromatic carbocycles. The van der Waals surface area contributed by atoms with Crippen LogP contribution in [-0.4, -0.2) is 48.5 Å². The molecule has 0 bridgehead atoms. The van der Waals surface area contributed by atoms with Crippen LogP contribution in [0, 0.1) is 11.3 Å². The lowest BCUT2D eigenvalue weighted by Crippen LogP contribution is -2.34. The van der Waals surface area contributed by atoms with Gasteiger partial charge >= 0.3 is 0 Å². The Morgan fingerprint density at radius 1 is 1.21 bits per heavy atom. The third-order valence-corrected chi connectivity index (χ3v) is 4.98. The average molecular weight is 379 g/mol. The van der Waals surface area contributed by atoms with E-state index in [1.165, 1.54) is 6.42 Å². The Labute approximate surface area is 164 Å². The zero-order chi connectivity index (χ0) is 19.9. The van der Waals surface area contributed by atoms with Crippen LogP contribution < -0.4 is 10.2 Å². The van der Waals surface area contributed by atoms with E-state index in [-0.39, 0.29) is 12.1 Å². The molecule has 0 aliphatic carbocycles. The number of rotatable bonds is 6. The lowest BCUT2D eigenvalue weighted by Gasteiger charge is -2.31. The minimum absolute atomic E-state index is 0.0290. The highest BCUT2D eigenvalue weighted by Gasteiger charge is 2.18. The Morgan fingerprint density at radius 3 is 2.68 bits per heavy atom. The molecule has 6 nitrogen and oxygen atoms in total. The number of nitrogens with one attached hydrogen (secondary N) is 1. The first-order chi connectivity index (χ1) is 13.6. The number of nitriles is 1. The number of piperidine rings is 1. The maximum absolute atomic E-state index is 12.3. The Bertz CT molecular complexity index is 911. The summed E-state index contributed by atoms with van der Waals surface area (Å²) in [6, 6.07) is 14.0. The van der Waals surface area contributed by atoms with Gasteiger partial charge < -0.3 is 20.4 Å². The minimum Gasteiger partial charge on any atom is -0.394 e. The number of amides is 1. The van der Waals surface area contributed by atoms with Gasteiger partial charge in [0.25, 0.3) is 5.91 Å². The monoisotopic (exact) mass is 379 g/mol. The van der Waals surface area contributed by atoms with Crippen molar-refractivity contribution in [2.75, 3.05) is 31.1 Å². The molecule has 146 valence electrons. The molecule has 3 rings (SSSR count). The zero-order valence-electron chi connectivity index (χ0n) is 15.8. The van der Waals surface area contributed by atoms with Crippen molar-refractivity contribution in [2.24, 2.45) is 0 Å². The van der Waals surface area contributed by atoms with E-state index in [9.17, 15) is 15.2 Å². The summed E-state index contributed by atoms with van der Waals surface area (Å²) in [6.07, 6.45) is 4.02. The van der Waals surface area contributed by atoms with Gasteiger partial charge in [-0.25, -0.2) is 0 Å². The quantitative estimate of drug-likeness (QED) is 0.528. The fourth-order valence-electron chi connectivity index (χ4n) is 3.53. The summed E-state index contributed by atoms with van der Waals surface area (Å²) in [5.41, 5.74) is 1.85. The van der Waals surface area contributed by atoms with E-state index in [1.54, 1.807) is 6.08 Å². The van der Waals surface area contributed by atoms with Crippen molar-refractivity contribution < 1.29 is 15.0 Å². The van der Waals surface area contributed by atoms with E-state index in [0.29, 0.717) is 0 Å². The van der Waals surface area contributed by atoms with E-state index in [0.717, 1.165) is 48.0 Å². The summed E-state index contributed by atoms with van der Waals surface area (Å²) in [4.78, 5) is 14.7. The van der Waals surface area contributed by atoms with Crippen LogP contribution in [0.2, 0.25) is 0 Å². The highest BCUT2D eigenvalue weighted by molar-refractivity contribution is 6.05. The summed E-state index contributed by atoms with van der Waals surface area (Å²) in [6.45, 7) is 1.35. The van der Waals surface area contributed by atoms with Gasteiger partial charge in [-0.05, 0) is 36.3 Å². The van der Waals surface area contributed by atoms with Crippen LogP contribution in [0.15, 0.2) is 42.0 Å². The molecule has 0 aromatic heterocycles.